The Morgan fingerprint density at radius 2 is 2.25 bits per heavy atom. The molecule has 0 unspecified atom stereocenters. The number of aromatic nitrogens is 2. The van der Waals surface area contributed by atoms with E-state index in [1.54, 1.807) is 0 Å². The summed E-state index contributed by atoms with van der Waals surface area (Å²) in [5.74, 6) is 0.589. The van der Waals surface area contributed by atoms with Crippen LogP contribution < -0.4 is 0 Å². The van der Waals surface area contributed by atoms with E-state index in [1.165, 1.54) is 11.5 Å². The molecular weight excluding hydrogens is 298 g/mol. The van der Waals surface area contributed by atoms with Gasteiger partial charge in [0.15, 0.2) is 0 Å². The first-order valence-corrected chi connectivity index (χ1v) is 8.35. The first kappa shape index (κ1) is 15.7. The number of amides is 1. The van der Waals surface area contributed by atoms with E-state index in [1.807, 2.05) is 4.90 Å². The summed E-state index contributed by atoms with van der Waals surface area (Å²) in [6.45, 7) is 4.12. The molecule has 0 atom stereocenters. The predicted molar refractivity (Wildman–Crippen MR) is 79.5 cm³/mol. The first-order chi connectivity index (χ1) is 9.76. The van der Waals surface area contributed by atoms with Crippen LogP contribution in [0.15, 0.2) is 0 Å². The molecule has 1 aromatic rings. The van der Waals surface area contributed by atoms with Crippen LogP contribution in [0.4, 0.5) is 0 Å². The smallest absolute Gasteiger partial charge is 0.267 e. The first-order valence-electron chi connectivity index (χ1n) is 7.04. The molecule has 0 aromatic carbocycles. The summed E-state index contributed by atoms with van der Waals surface area (Å²) in [6, 6.07) is 0. The third-order valence-corrected chi connectivity index (χ3v) is 4.31. The number of piperidine rings is 1. The molecule has 0 bridgehead atoms. The summed E-state index contributed by atoms with van der Waals surface area (Å²) >= 11 is 6.82. The van der Waals surface area contributed by atoms with Crippen molar-refractivity contribution in [2.45, 2.75) is 38.7 Å². The quantitative estimate of drug-likeness (QED) is 0.756. The van der Waals surface area contributed by atoms with Crippen molar-refractivity contribution in [1.29, 1.82) is 0 Å². The molecule has 5 nitrogen and oxygen atoms in total. The molecule has 7 heteroatoms. The van der Waals surface area contributed by atoms with Crippen LogP contribution in [0, 0.1) is 0 Å². The molecule has 0 saturated carbocycles. The average Bonchev–Trinajstić information content (AvgIpc) is 2.93. The zero-order valence-electron chi connectivity index (χ0n) is 11.7. The molecule has 1 fully saturated rings. The van der Waals surface area contributed by atoms with Crippen LogP contribution in [0.3, 0.4) is 0 Å². The molecule has 20 heavy (non-hydrogen) atoms. The number of aryl methyl sites for hydroxylation is 1. The Morgan fingerprint density at radius 3 is 2.90 bits per heavy atom. The third kappa shape index (κ3) is 3.90. The highest BCUT2D eigenvalue weighted by atomic mass is 35.5. The van der Waals surface area contributed by atoms with Crippen molar-refractivity contribution in [3.8, 4) is 0 Å². The van der Waals surface area contributed by atoms with Gasteiger partial charge in [0.25, 0.3) is 5.91 Å². The summed E-state index contributed by atoms with van der Waals surface area (Å²) < 4.78 is 9.54. The van der Waals surface area contributed by atoms with Crippen molar-refractivity contribution in [1.82, 2.24) is 14.5 Å². The summed E-state index contributed by atoms with van der Waals surface area (Å²) in [5, 5.41) is 4.06. The molecule has 0 spiro atoms. The van der Waals surface area contributed by atoms with Crippen LogP contribution >= 0.6 is 23.1 Å². The molecule has 2 rings (SSSR count). The summed E-state index contributed by atoms with van der Waals surface area (Å²) in [6.07, 6.45) is 3.76. The molecule has 1 aromatic heterocycles. The van der Waals surface area contributed by atoms with E-state index in [0.29, 0.717) is 17.4 Å². The van der Waals surface area contributed by atoms with Crippen molar-refractivity contribution in [3.63, 3.8) is 0 Å². The minimum absolute atomic E-state index is 0.0687. The second-order valence-electron chi connectivity index (χ2n) is 4.85. The number of carbonyl (C=O) groups is 1. The standard InChI is InChI=1S/C13H20ClN3O2S/c1-2-3-11-12(20-16-15-11)13(18)17-7-4-10(5-8-17)19-9-6-14/h10H,2-9H2,1H3. The van der Waals surface area contributed by atoms with Gasteiger partial charge < -0.3 is 9.64 Å². The maximum atomic E-state index is 12.5. The monoisotopic (exact) mass is 317 g/mol. The minimum atomic E-state index is 0.0687. The van der Waals surface area contributed by atoms with Crippen LogP contribution in [-0.4, -0.2) is 52.1 Å². The van der Waals surface area contributed by atoms with Crippen molar-refractivity contribution < 1.29 is 9.53 Å². The maximum Gasteiger partial charge on any atom is 0.267 e. The Kier molecular flexibility index (Phi) is 6.19. The lowest BCUT2D eigenvalue weighted by atomic mass is 10.1. The summed E-state index contributed by atoms with van der Waals surface area (Å²) in [5.41, 5.74) is 0.836. The lowest BCUT2D eigenvalue weighted by Crippen LogP contribution is -2.41. The minimum Gasteiger partial charge on any atom is -0.377 e. The van der Waals surface area contributed by atoms with E-state index in [-0.39, 0.29) is 12.0 Å². The van der Waals surface area contributed by atoms with E-state index in [0.717, 1.165) is 44.5 Å². The number of rotatable bonds is 6. The number of halogens is 1. The molecule has 1 amide bonds. The van der Waals surface area contributed by atoms with Crippen molar-refractivity contribution in [2.24, 2.45) is 0 Å². The van der Waals surface area contributed by atoms with Crippen molar-refractivity contribution >= 4 is 29.0 Å². The predicted octanol–water partition coefficient (Wildman–Crippen LogP) is 2.35. The van der Waals surface area contributed by atoms with E-state index < -0.39 is 0 Å². The average molecular weight is 318 g/mol. The van der Waals surface area contributed by atoms with Gasteiger partial charge in [-0.25, -0.2) is 0 Å². The van der Waals surface area contributed by atoms with E-state index >= 15 is 0 Å². The Hall–Kier alpha value is -0.720. The third-order valence-electron chi connectivity index (χ3n) is 3.40. The van der Waals surface area contributed by atoms with Crippen LogP contribution in [0.2, 0.25) is 0 Å². The molecule has 112 valence electrons. The lowest BCUT2D eigenvalue weighted by molar-refractivity contribution is 0.0155. The fraction of sp³-hybridized carbons (Fsp3) is 0.769. The molecule has 1 aliphatic heterocycles. The number of likely N-dealkylation sites (tertiary alicyclic amines) is 1. The van der Waals surface area contributed by atoms with Crippen LogP contribution in [0.5, 0.6) is 0 Å². The Bertz CT molecular complexity index is 433. The fourth-order valence-electron chi connectivity index (χ4n) is 2.35. The van der Waals surface area contributed by atoms with Gasteiger partial charge >= 0.3 is 0 Å². The van der Waals surface area contributed by atoms with Crippen LogP contribution in [-0.2, 0) is 11.2 Å². The number of ether oxygens (including phenoxy) is 1. The number of hydrogen-bond acceptors (Lipinski definition) is 5. The Morgan fingerprint density at radius 1 is 1.50 bits per heavy atom. The molecule has 1 aliphatic rings. The van der Waals surface area contributed by atoms with E-state index in [2.05, 4.69) is 16.5 Å². The largest absolute Gasteiger partial charge is 0.377 e. The lowest BCUT2D eigenvalue weighted by Gasteiger charge is -2.31. The number of alkyl halides is 1. The van der Waals surface area contributed by atoms with E-state index in [4.69, 9.17) is 16.3 Å². The molecule has 1 saturated heterocycles. The maximum absolute atomic E-state index is 12.5. The molecule has 0 N–H and O–H groups in total. The second-order valence-corrected chi connectivity index (χ2v) is 5.98. The van der Waals surface area contributed by atoms with Gasteiger partial charge in [0.1, 0.15) is 4.88 Å². The number of carbonyl (C=O) groups excluding carboxylic acids is 1. The fourth-order valence-corrected chi connectivity index (χ4v) is 3.12. The highest BCUT2D eigenvalue weighted by Crippen LogP contribution is 2.20. The summed E-state index contributed by atoms with van der Waals surface area (Å²) in [7, 11) is 0. The molecule has 0 radical (unpaired) electrons. The summed E-state index contributed by atoms with van der Waals surface area (Å²) in [4.78, 5) is 15.1. The van der Waals surface area contributed by atoms with Crippen LogP contribution in [0.25, 0.3) is 0 Å². The number of nitrogens with zero attached hydrogens (tertiary/aromatic N) is 3. The van der Waals surface area contributed by atoms with Crippen molar-refractivity contribution in [2.75, 3.05) is 25.6 Å². The van der Waals surface area contributed by atoms with Gasteiger partial charge in [0.05, 0.1) is 18.4 Å². The second kappa shape index (κ2) is 7.90. The van der Waals surface area contributed by atoms with Gasteiger partial charge in [0.2, 0.25) is 0 Å². The van der Waals surface area contributed by atoms with Gasteiger partial charge in [-0.15, -0.1) is 16.7 Å². The van der Waals surface area contributed by atoms with Gasteiger partial charge in [-0.1, -0.05) is 17.8 Å². The topological polar surface area (TPSA) is 55.3 Å². The molecule has 0 aliphatic carbocycles. The molecule has 2 heterocycles. The zero-order chi connectivity index (χ0) is 14.4. The molecular formula is C13H20ClN3O2S. The zero-order valence-corrected chi connectivity index (χ0v) is 13.3. The Labute approximate surface area is 128 Å². The van der Waals surface area contributed by atoms with Crippen molar-refractivity contribution in [3.05, 3.63) is 10.6 Å². The van der Waals surface area contributed by atoms with Crippen LogP contribution in [0.1, 0.15) is 41.6 Å². The van der Waals surface area contributed by atoms with Gasteiger partial charge in [-0.05, 0) is 30.8 Å². The van der Waals surface area contributed by atoms with Gasteiger partial charge in [-0.3, -0.25) is 4.79 Å². The van der Waals surface area contributed by atoms with Gasteiger partial charge in [0, 0.05) is 19.0 Å². The van der Waals surface area contributed by atoms with Gasteiger partial charge in [-0.2, -0.15) is 0 Å². The Balaban J connectivity index is 1.89. The number of hydrogen-bond donors (Lipinski definition) is 0. The highest BCUT2D eigenvalue weighted by Gasteiger charge is 2.26. The van der Waals surface area contributed by atoms with E-state index in [9.17, 15) is 4.79 Å². The highest BCUT2D eigenvalue weighted by molar-refractivity contribution is 7.08. The normalized spacial score (nSPS) is 16.6. The SMILES string of the molecule is CCCc1nnsc1C(=O)N1CCC(OCCCl)CC1.